The number of nitrogens with zero attached hydrogens (tertiary/aromatic N) is 4. The van der Waals surface area contributed by atoms with E-state index in [9.17, 15) is 0 Å². The molecule has 0 aliphatic carbocycles. The van der Waals surface area contributed by atoms with Gasteiger partial charge in [0.2, 0.25) is 5.95 Å². The lowest BCUT2D eigenvalue weighted by Crippen LogP contribution is -2.57. The Morgan fingerprint density at radius 1 is 1.04 bits per heavy atom. The molecule has 2 unspecified atom stereocenters. The van der Waals surface area contributed by atoms with E-state index in [0.717, 1.165) is 31.9 Å². The van der Waals surface area contributed by atoms with Crippen LogP contribution in [-0.2, 0) is 6.42 Å². The quantitative estimate of drug-likeness (QED) is 0.556. The first-order valence-corrected chi connectivity index (χ1v) is 10.9. The molecule has 0 saturated carbocycles. The monoisotopic (exact) mass is 362 g/mol. The summed E-state index contributed by atoms with van der Waals surface area (Å²) in [5, 5.41) is 0. The van der Waals surface area contributed by atoms with Gasteiger partial charge in [-0.1, -0.05) is 59.8 Å². The minimum absolute atomic E-state index is 0.470. The highest BCUT2D eigenvalue weighted by atomic mass is 15.4. The summed E-state index contributed by atoms with van der Waals surface area (Å²) in [6.07, 6.45) is 12.2. The molecule has 4 heteroatoms. The van der Waals surface area contributed by atoms with Crippen molar-refractivity contribution >= 4 is 5.95 Å². The molecular weight excluding hydrogens is 320 g/mol. The third-order valence-corrected chi connectivity index (χ3v) is 5.16. The molecule has 1 aliphatic rings. The Morgan fingerprint density at radius 3 is 2.42 bits per heavy atom. The van der Waals surface area contributed by atoms with E-state index >= 15 is 0 Å². The highest BCUT2D eigenvalue weighted by Gasteiger charge is 2.31. The van der Waals surface area contributed by atoms with Crippen molar-refractivity contribution in [3.8, 4) is 0 Å². The second-order valence-electron chi connectivity index (χ2n) is 7.41. The molecule has 0 spiro atoms. The van der Waals surface area contributed by atoms with Gasteiger partial charge in [-0.15, -0.1) is 0 Å². The van der Waals surface area contributed by atoms with Gasteiger partial charge in [-0.25, -0.2) is 9.97 Å². The van der Waals surface area contributed by atoms with Gasteiger partial charge in [-0.2, -0.15) is 0 Å². The van der Waals surface area contributed by atoms with E-state index in [-0.39, 0.29) is 0 Å². The molecule has 0 N–H and O–H groups in total. The highest BCUT2D eigenvalue weighted by molar-refractivity contribution is 5.35. The van der Waals surface area contributed by atoms with Gasteiger partial charge in [-0.3, -0.25) is 0 Å². The third-order valence-electron chi connectivity index (χ3n) is 5.16. The molecule has 150 valence electrons. The molecule has 2 rings (SSSR count). The molecule has 1 aromatic heterocycles. The molecule has 1 fully saturated rings. The Hall–Kier alpha value is -1.16. The summed E-state index contributed by atoms with van der Waals surface area (Å²) < 4.78 is 0. The number of likely N-dealkylation sites (N-methyl/N-ethyl adjacent to an activating group) is 1. The van der Waals surface area contributed by atoms with Crippen molar-refractivity contribution in [2.75, 3.05) is 25.0 Å². The number of piperazine rings is 1. The van der Waals surface area contributed by atoms with Crippen LogP contribution >= 0.6 is 0 Å². The Morgan fingerprint density at radius 2 is 1.73 bits per heavy atom. The van der Waals surface area contributed by atoms with E-state index in [1.165, 1.54) is 44.2 Å². The van der Waals surface area contributed by atoms with E-state index < -0.39 is 0 Å². The number of unbranched alkanes of at least 4 members (excludes halogenated alkanes) is 5. The average molecular weight is 363 g/mol. The van der Waals surface area contributed by atoms with Gasteiger partial charge in [0.25, 0.3) is 0 Å². The fourth-order valence-electron chi connectivity index (χ4n) is 3.84. The van der Waals surface area contributed by atoms with Gasteiger partial charge >= 0.3 is 0 Å². The molecule has 1 saturated heterocycles. The first-order chi connectivity index (χ1) is 12.7. The molecule has 0 bridgehead atoms. The van der Waals surface area contributed by atoms with Crippen molar-refractivity contribution < 1.29 is 0 Å². The molecule has 26 heavy (non-hydrogen) atoms. The van der Waals surface area contributed by atoms with Crippen LogP contribution in [-0.4, -0.2) is 47.1 Å². The SMILES string of the molecule is CC.CCCCCCCCc1ccnc(N2C(C)CN(C)CC2CC)n1. The van der Waals surface area contributed by atoms with Crippen LogP contribution in [0.25, 0.3) is 0 Å². The molecule has 4 nitrogen and oxygen atoms in total. The summed E-state index contributed by atoms with van der Waals surface area (Å²) in [4.78, 5) is 14.4. The zero-order valence-corrected chi connectivity index (χ0v) is 18.2. The maximum atomic E-state index is 4.90. The van der Waals surface area contributed by atoms with Crippen molar-refractivity contribution in [2.24, 2.45) is 0 Å². The van der Waals surface area contributed by atoms with Crippen molar-refractivity contribution in [2.45, 2.75) is 98.1 Å². The molecule has 0 radical (unpaired) electrons. The summed E-state index contributed by atoms with van der Waals surface area (Å²) in [6.45, 7) is 13.0. The van der Waals surface area contributed by atoms with Gasteiger partial charge in [0.15, 0.2) is 0 Å². The lowest BCUT2D eigenvalue weighted by atomic mass is 10.1. The molecule has 0 amide bonds. The summed E-state index contributed by atoms with van der Waals surface area (Å²) in [7, 11) is 2.21. The molecule has 2 atom stereocenters. The molecular formula is C22H42N4. The first kappa shape index (κ1) is 22.9. The summed E-state index contributed by atoms with van der Waals surface area (Å²) >= 11 is 0. The minimum Gasteiger partial charge on any atom is -0.333 e. The van der Waals surface area contributed by atoms with Crippen LogP contribution in [0.1, 0.15) is 85.3 Å². The number of hydrogen-bond donors (Lipinski definition) is 0. The van der Waals surface area contributed by atoms with Gasteiger partial charge in [0.05, 0.1) is 0 Å². The molecule has 1 aromatic rings. The van der Waals surface area contributed by atoms with E-state index in [4.69, 9.17) is 4.98 Å². The first-order valence-electron chi connectivity index (χ1n) is 10.9. The van der Waals surface area contributed by atoms with E-state index in [1.807, 2.05) is 20.0 Å². The number of aromatic nitrogens is 2. The van der Waals surface area contributed by atoms with Crippen LogP contribution in [0, 0.1) is 0 Å². The van der Waals surface area contributed by atoms with Crippen molar-refractivity contribution in [3.05, 3.63) is 18.0 Å². The van der Waals surface area contributed by atoms with Gasteiger partial charge in [0.1, 0.15) is 0 Å². The Labute approximate surface area is 162 Å². The van der Waals surface area contributed by atoms with Crippen LogP contribution in [0.5, 0.6) is 0 Å². The number of rotatable bonds is 9. The van der Waals surface area contributed by atoms with Crippen LogP contribution in [0.2, 0.25) is 0 Å². The smallest absolute Gasteiger partial charge is 0.226 e. The van der Waals surface area contributed by atoms with Crippen LogP contribution in [0.4, 0.5) is 5.95 Å². The maximum absolute atomic E-state index is 4.90. The molecule has 2 heterocycles. The Kier molecular flexibility index (Phi) is 11.5. The zero-order valence-electron chi connectivity index (χ0n) is 18.2. The predicted molar refractivity (Wildman–Crippen MR) is 114 cm³/mol. The van der Waals surface area contributed by atoms with Gasteiger partial charge in [0, 0.05) is 37.1 Å². The fourth-order valence-corrected chi connectivity index (χ4v) is 3.84. The normalized spacial score (nSPS) is 20.6. The predicted octanol–water partition coefficient (Wildman–Crippen LogP) is 5.32. The lowest BCUT2D eigenvalue weighted by Gasteiger charge is -2.44. The van der Waals surface area contributed by atoms with Crippen molar-refractivity contribution in [1.29, 1.82) is 0 Å². The largest absolute Gasteiger partial charge is 0.333 e. The number of anilines is 1. The average Bonchev–Trinajstić information content (AvgIpc) is 2.65. The number of aryl methyl sites for hydroxylation is 1. The Balaban J connectivity index is 0.00000163. The summed E-state index contributed by atoms with van der Waals surface area (Å²) in [5.74, 6) is 0.936. The van der Waals surface area contributed by atoms with Gasteiger partial charge in [-0.05, 0) is 39.3 Å². The highest BCUT2D eigenvalue weighted by Crippen LogP contribution is 2.23. The van der Waals surface area contributed by atoms with E-state index in [0.29, 0.717) is 12.1 Å². The summed E-state index contributed by atoms with van der Waals surface area (Å²) in [6, 6.07) is 3.08. The molecule has 0 aromatic carbocycles. The molecule has 1 aliphatic heterocycles. The van der Waals surface area contributed by atoms with Crippen LogP contribution in [0.15, 0.2) is 12.3 Å². The van der Waals surface area contributed by atoms with Crippen molar-refractivity contribution in [3.63, 3.8) is 0 Å². The topological polar surface area (TPSA) is 32.3 Å². The van der Waals surface area contributed by atoms with Gasteiger partial charge < -0.3 is 9.80 Å². The standard InChI is InChI=1S/C20H36N4.C2H6/c1-5-7-8-9-10-11-12-18-13-14-21-20(22-18)24-17(3)15-23(4)16-19(24)6-2;1-2/h13-14,17,19H,5-12,15-16H2,1-4H3;1-2H3. The minimum atomic E-state index is 0.470. The zero-order chi connectivity index (χ0) is 19.4. The van der Waals surface area contributed by atoms with Crippen LogP contribution in [0.3, 0.4) is 0 Å². The van der Waals surface area contributed by atoms with E-state index in [2.05, 4.69) is 48.7 Å². The number of hydrogen-bond acceptors (Lipinski definition) is 4. The maximum Gasteiger partial charge on any atom is 0.226 e. The second-order valence-corrected chi connectivity index (χ2v) is 7.41. The third kappa shape index (κ3) is 7.22. The fraction of sp³-hybridized carbons (Fsp3) is 0.818. The van der Waals surface area contributed by atoms with Crippen LogP contribution < -0.4 is 4.90 Å². The van der Waals surface area contributed by atoms with E-state index in [1.54, 1.807) is 0 Å². The van der Waals surface area contributed by atoms with Crippen molar-refractivity contribution in [1.82, 2.24) is 14.9 Å². The Bertz CT molecular complexity index is 477. The lowest BCUT2D eigenvalue weighted by molar-refractivity contribution is 0.227. The second kappa shape index (κ2) is 13.1. The summed E-state index contributed by atoms with van der Waals surface area (Å²) in [5.41, 5.74) is 1.21.